The number of alkyl halides is 3. The molecule has 1 aliphatic rings. The number of rotatable bonds is 7. The van der Waals surface area contributed by atoms with E-state index >= 15 is 0 Å². The van der Waals surface area contributed by atoms with Gasteiger partial charge in [-0.15, -0.1) is 10.2 Å². The fourth-order valence-electron chi connectivity index (χ4n) is 4.09. The fraction of sp³-hybridized carbons (Fsp3) is 0.391. The van der Waals surface area contributed by atoms with Crippen LogP contribution in [-0.2, 0) is 22.6 Å². The Morgan fingerprint density at radius 2 is 1.68 bits per heavy atom. The predicted octanol–water partition coefficient (Wildman–Crippen LogP) is 4.23. The van der Waals surface area contributed by atoms with Crippen LogP contribution >= 0.6 is 0 Å². The Kier molecular flexibility index (Phi) is 6.94. The number of hydrogen-bond donors (Lipinski definition) is 0. The third kappa shape index (κ3) is 5.58. The lowest BCUT2D eigenvalue weighted by Crippen LogP contribution is -2.53. The molecule has 0 spiro atoms. The van der Waals surface area contributed by atoms with Crippen molar-refractivity contribution in [2.45, 2.75) is 32.2 Å². The van der Waals surface area contributed by atoms with Gasteiger partial charge >= 0.3 is 12.1 Å². The lowest BCUT2D eigenvalue weighted by molar-refractivity contribution is -0.156. The molecular formula is C23H25F3N4O3S. The second-order valence-electron chi connectivity index (χ2n) is 8.15. The minimum atomic E-state index is -4.69. The van der Waals surface area contributed by atoms with E-state index in [4.69, 9.17) is 4.42 Å². The van der Waals surface area contributed by atoms with Crippen molar-refractivity contribution in [3.05, 3.63) is 66.1 Å². The van der Waals surface area contributed by atoms with Crippen LogP contribution in [0.5, 0.6) is 0 Å². The Bertz CT molecular complexity index is 1180. The maximum atomic E-state index is 12.8. The van der Waals surface area contributed by atoms with Gasteiger partial charge in [0.15, 0.2) is 9.84 Å². The lowest BCUT2D eigenvalue weighted by atomic mass is 10.1. The van der Waals surface area contributed by atoms with Gasteiger partial charge in [-0.3, -0.25) is 4.90 Å². The van der Waals surface area contributed by atoms with Gasteiger partial charge < -0.3 is 9.32 Å². The number of halogens is 3. The smallest absolute Gasteiger partial charge is 0.413 e. The molecule has 0 aliphatic carbocycles. The van der Waals surface area contributed by atoms with Crippen LogP contribution in [-0.4, -0.2) is 54.3 Å². The Labute approximate surface area is 196 Å². The molecule has 1 unspecified atom stereocenters. The Morgan fingerprint density at radius 3 is 2.24 bits per heavy atom. The van der Waals surface area contributed by atoms with Gasteiger partial charge in [0.1, 0.15) is 0 Å². The SMILES string of the molecule is CCC(N1CCS(=O)(=O)CC1)N(Cc1ccc(-c2nnc(C(F)(F)F)o2)cc1)c1ccccc1. The lowest BCUT2D eigenvalue weighted by Gasteiger charge is -2.42. The minimum absolute atomic E-state index is 0.0112. The first-order valence-electron chi connectivity index (χ1n) is 10.9. The van der Waals surface area contributed by atoms with Crippen LogP contribution in [0.4, 0.5) is 18.9 Å². The van der Waals surface area contributed by atoms with Gasteiger partial charge in [0.05, 0.1) is 17.7 Å². The van der Waals surface area contributed by atoms with Gasteiger partial charge in [-0.1, -0.05) is 37.3 Å². The summed E-state index contributed by atoms with van der Waals surface area (Å²) in [5, 5.41) is 6.57. The number of hydrogen-bond acceptors (Lipinski definition) is 7. The molecule has 34 heavy (non-hydrogen) atoms. The van der Waals surface area contributed by atoms with Crippen LogP contribution in [0, 0.1) is 0 Å². The molecule has 11 heteroatoms. The first-order valence-corrected chi connectivity index (χ1v) is 12.7. The first-order chi connectivity index (χ1) is 16.2. The molecule has 0 saturated carbocycles. The highest BCUT2D eigenvalue weighted by Gasteiger charge is 2.38. The highest BCUT2D eigenvalue weighted by atomic mass is 32.2. The number of sulfone groups is 1. The molecule has 1 atom stereocenters. The van der Waals surface area contributed by atoms with Gasteiger partial charge in [-0.2, -0.15) is 13.2 Å². The fourth-order valence-corrected chi connectivity index (χ4v) is 5.32. The van der Waals surface area contributed by atoms with Gasteiger partial charge in [-0.25, -0.2) is 8.42 Å². The van der Waals surface area contributed by atoms with Gasteiger partial charge in [-0.05, 0) is 36.2 Å². The third-order valence-electron chi connectivity index (χ3n) is 5.83. The number of benzene rings is 2. The number of aromatic nitrogens is 2. The van der Waals surface area contributed by atoms with Gasteiger partial charge in [0.25, 0.3) is 0 Å². The van der Waals surface area contributed by atoms with E-state index in [1.54, 1.807) is 12.1 Å². The van der Waals surface area contributed by atoms with Crippen molar-refractivity contribution in [3.63, 3.8) is 0 Å². The van der Waals surface area contributed by atoms with E-state index in [0.717, 1.165) is 17.7 Å². The maximum absolute atomic E-state index is 12.8. The van der Waals surface area contributed by atoms with E-state index in [2.05, 4.69) is 26.9 Å². The van der Waals surface area contributed by atoms with Gasteiger partial charge in [0.2, 0.25) is 5.89 Å². The summed E-state index contributed by atoms with van der Waals surface area (Å²) < 4.78 is 66.9. The summed E-state index contributed by atoms with van der Waals surface area (Å²) in [6.45, 7) is 3.55. The van der Waals surface area contributed by atoms with Crippen molar-refractivity contribution in [1.29, 1.82) is 0 Å². The summed E-state index contributed by atoms with van der Waals surface area (Å²) in [5.41, 5.74) is 2.33. The van der Waals surface area contributed by atoms with E-state index in [9.17, 15) is 21.6 Å². The first kappa shape index (κ1) is 24.2. The molecule has 0 N–H and O–H groups in total. The van der Waals surface area contributed by atoms with E-state index in [1.807, 2.05) is 42.5 Å². The topological polar surface area (TPSA) is 79.5 Å². The standard InChI is InChI=1S/C23H25F3N4O3S/c1-2-20(29-12-14-34(31,32)15-13-29)30(19-6-4-3-5-7-19)16-17-8-10-18(11-9-17)21-27-28-22(33-21)23(24,25)26/h3-11,20H,2,12-16H2,1H3. The van der Waals surface area contributed by atoms with Crippen molar-refractivity contribution in [1.82, 2.24) is 15.1 Å². The van der Waals surface area contributed by atoms with Crippen LogP contribution in [0.15, 0.2) is 59.0 Å². The second kappa shape index (κ2) is 9.75. The zero-order valence-corrected chi connectivity index (χ0v) is 19.4. The summed E-state index contributed by atoms with van der Waals surface area (Å²) >= 11 is 0. The average molecular weight is 495 g/mol. The minimum Gasteiger partial charge on any atom is -0.413 e. The largest absolute Gasteiger partial charge is 0.470 e. The highest BCUT2D eigenvalue weighted by molar-refractivity contribution is 7.91. The zero-order valence-electron chi connectivity index (χ0n) is 18.6. The highest BCUT2D eigenvalue weighted by Crippen LogP contribution is 2.31. The molecular weight excluding hydrogens is 469 g/mol. The van der Waals surface area contributed by atoms with Crippen molar-refractivity contribution in [2.24, 2.45) is 0 Å². The Morgan fingerprint density at radius 1 is 1.03 bits per heavy atom. The number of nitrogens with zero attached hydrogens (tertiary/aromatic N) is 4. The predicted molar refractivity (Wildman–Crippen MR) is 122 cm³/mol. The molecule has 2 aromatic carbocycles. The third-order valence-corrected chi connectivity index (χ3v) is 7.44. The van der Waals surface area contributed by atoms with E-state index < -0.39 is 21.9 Å². The zero-order chi connectivity index (χ0) is 24.3. The summed E-state index contributed by atoms with van der Waals surface area (Å²) in [4.78, 5) is 4.42. The molecule has 1 aromatic heterocycles. The molecule has 0 radical (unpaired) electrons. The molecule has 0 amide bonds. The summed E-state index contributed by atoms with van der Waals surface area (Å²) in [6, 6.07) is 16.8. The van der Waals surface area contributed by atoms with E-state index in [-0.39, 0.29) is 23.6 Å². The monoisotopic (exact) mass is 494 g/mol. The Hall–Kier alpha value is -2.92. The molecule has 182 valence electrons. The number of anilines is 1. The summed E-state index contributed by atoms with van der Waals surface area (Å²) in [6.07, 6.45) is -3.91. The molecule has 0 bridgehead atoms. The quantitative estimate of drug-likeness (QED) is 0.486. The normalized spacial score (nSPS) is 17.4. The van der Waals surface area contributed by atoms with Crippen LogP contribution < -0.4 is 4.90 Å². The van der Waals surface area contributed by atoms with E-state index in [1.165, 1.54) is 0 Å². The Balaban J connectivity index is 1.56. The molecule has 1 saturated heterocycles. The molecule has 1 fully saturated rings. The molecule has 3 aromatic rings. The molecule has 1 aliphatic heterocycles. The van der Waals surface area contributed by atoms with Crippen LogP contribution in [0.1, 0.15) is 24.8 Å². The van der Waals surface area contributed by atoms with Crippen molar-refractivity contribution in [3.8, 4) is 11.5 Å². The average Bonchev–Trinajstić information content (AvgIpc) is 3.32. The summed E-state index contributed by atoms with van der Waals surface area (Å²) in [5.74, 6) is -1.29. The van der Waals surface area contributed by atoms with E-state index in [0.29, 0.717) is 25.2 Å². The van der Waals surface area contributed by atoms with Crippen molar-refractivity contribution >= 4 is 15.5 Å². The maximum Gasteiger partial charge on any atom is 0.470 e. The number of para-hydroxylation sites is 1. The second-order valence-corrected chi connectivity index (χ2v) is 10.5. The van der Waals surface area contributed by atoms with Crippen molar-refractivity contribution < 1.29 is 26.0 Å². The van der Waals surface area contributed by atoms with Crippen LogP contribution in [0.25, 0.3) is 11.5 Å². The van der Waals surface area contributed by atoms with Gasteiger partial charge in [0, 0.05) is 30.9 Å². The molecule has 4 rings (SSSR count). The molecule has 2 heterocycles. The molecule has 7 nitrogen and oxygen atoms in total. The van der Waals surface area contributed by atoms with Crippen LogP contribution in [0.3, 0.4) is 0 Å². The van der Waals surface area contributed by atoms with Crippen LogP contribution in [0.2, 0.25) is 0 Å². The van der Waals surface area contributed by atoms with Crippen molar-refractivity contribution in [2.75, 3.05) is 29.5 Å². The summed E-state index contributed by atoms with van der Waals surface area (Å²) in [7, 11) is -3.00.